The predicted octanol–water partition coefficient (Wildman–Crippen LogP) is 5.13. The standard InChI is InChI=1S/C30H25BrClN5O3/c1-34-12-11-20-15-22(8-10-25(20)34)37-27(28(38)33-17-19-5-3-2-4-6-19)26-18-35(13-14-36(26)30(37)40)29(39)21-7-9-23(31)24(32)16-21/h2-12,15-16H,13-14,17-18H2,1H3,(H,33,38). The van der Waals surface area contributed by atoms with Crippen molar-refractivity contribution in [3.8, 4) is 5.69 Å². The molecule has 0 saturated heterocycles. The number of carbonyl (C=O) groups excluding carboxylic acids is 2. The summed E-state index contributed by atoms with van der Waals surface area (Å²) in [5.41, 5.74) is 3.39. The fraction of sp³-hybridized carbons (Fsp3) is 0.167. The number of nitrogens with one attached hydrogen (secondary N) is 1. The van der Waals surface area contributed by atoms with Crippen molar-refractivity contribution in [2.45, 2.75) is 19.6 Å². The van der Waals surface area contributed by atoms with Crippen LogP contribution >= 0.6 is 27.5 Å². The van der Waals surface area contributed by atoms with E-state index >= 15 is 0 Å². The normalized spacial score (nSPS) is 12.9. The second-order valence-corrected chi connectivity index (χ2v) is 11.0. The topological polar surface area (TPSA) is 81.3 Å². The molecule has 5 aromatic rings. The highest BCUT2D eigenvalue weighted by molar-refractivity contribution is 9.10. The van der Waals surface area contributed by atoms with Gasteiger partial charge in [0.2, 0.25) is 0 Å². The second kappa shape index (κ2) is 10.5. The number of nitrogens with zero attached hydrogens (tertiary/aromatic N) is 4. The molecule has 10 heteroatoms. The van der Waals surface area contributed by atoms with Gasteiger partial charge in [0.1, 0.15) is 5.69 Å². The molecule has 0 aliphatic carbocycles. The van der Waals surface area contributed by atoms with E-state index in [1.807, 2.05) is 72.4 Å². The fourth-order valence-electron chi connectivity index (χ4n) is 5.19. The van der Waals surface area contributed by atoms with Crippen LogP contribution in [0.25, 0.3) is 16.6 Å². The van der Waals surface area contributed by atoms with E-state index in [-0.39, 0.29) is 36.3 Å². The van der Waals surface area contributed by atoms with E-state index in [0.29, 0.717) is 39.5 Å². The van der Waals surface area contributed by atoms with Crippen LogP contribution in [0, 0.1) is 0 Å². The molecule has 40 heavy (non-hydrogen) atoms. The van der Waals surface area contributed by atoms with Crippen molar-refractivity contribution < 1.29 is 9.59 Å². The van der Waals surface area contributed by atoms with Crippen LogP contribution in [0.3, 0.4) is 0 Å². The summed E-state index contributed by atoms with van der Waals surface area (Å²) in [5.74, 6) is -0.606. The zero-order valence-electron chi connectivity index (χ0n) is 21.6. The third-order valence-electron chi connectivity index (χ3n) is 7.27. The molecule has 0 radical (unpaired) electrons. The molecule has 6 rings (SSSR count). The lowest BCUT2D eigenvalue weighted by Gasteiger charge is -2.28. The van der Waals surface area contributed by atoms with Gasteiger partial charge in [0.05, 0.1) is 22.9 Å². The first kappa shape index (κ1) is 26.2. The predicted molar refractivity (Wildman–Crippen MR) is 158 cm³/mol. The molecule has 0 spiro atoms. The summed E-state index contributed by atoms with van der Waals surface area (Å²) in [7, 11) is 1.96. The van der Waals surface area contributed by atoms with Gasteiger partial charge in [0.25, 0.3) is 11.8 Å². The SMILES string of the molecule is Cn1ccc2cc(-n3c(C(=O)NCc4ccccc4)c4n(c3=O)CCN(C(=O)c3ccc(Br)c(Cl)c3)C4)ccc21. The third kappa shape index (κ3) is 4.65. The zero-order valence-corrected chi connectivity index (χ0v) is 23.9. The van der Waals surface area contributed by atoms with Gasteiger partial charge in [-0.05, 0) is 64.0 Å². The first-order valence-electron chi connectivity index (χ1n) is 12.8. The van der Waals surface area contributed by atoms with Crippen molar-refractivity contribution >= 4 is 50.2 Å². The Bertz CT molecular complexity index is 1840. The lowest BCUT2D eigenvalue weighted by Crippen LogP contribution is -2.41. The molecule has 0 atom stereocenters. The van der Waals surface area contributed by atoms with Gasteiger partial charge >= 0.3 is 5.69 Å². The second-order valence-electron chi connectivity index (χ2n) is 9.76. The molecule has 0 saturated carbocycles. The molecule has 0 bridgehead atoms. The van der Waals surface area contributed by atoms with Crippen LogP contribution in [0.2, 0.25) is 5.02 Å². The Morgan fingerprint density at radius 2 is 1.80 bits per heavy atom. The van der Waals surface area contributed by atoms with Crippen LogP contribution in [0.1, 0.15) is 32.1 Å². The Morgan fingerprint density at radius 3 is 2.58 bits per heavy atom. The lowest BCUT2D eigenvalue weighted by molar-refractivity contribution is 0.0706. The van der Waals surface area contributed by atoms with E-state index in [9.17, 15) is 14.4 Å². The third-order valence-corrected chi connectivity index (χ3v) is 8.50. The van der Waals surface area contributed by atoms with Crippen molar-refractivity contribution in [3.05, 3.63) is 121 Å². The van der Waals surface area contributed by atoms with E-state index in [4.69, 9.17) is 11.6 Å². The van der Waals surface area contributed by atoms with Gasteiger partial charge in [0.15, 0.2) is 0 Å². The number of rotatable bonds is 5. The van der Waals surface area contributed by atoms with Crippen LogP contribution in [0.4, 0.5) is 0 Å². The zero-order chi connectivity index (χ0) is 28.0. The van der Waals surface area contributed by atoms with Crippen LogP contribution < -0.4 is 11.0 Å². The molecule has 1 aliphatic rings. The largest absolute Gasteiger partial charge is 0.351 e. The highest BCUT2D eigenvalue weighted by Gasteiger charge is 2.32. The van der Waals surface area contributed by atoms with Crippen LogP contribution in [0.15, 0.2) is 88.3 Å². The number of amides is 2. The average Bonchev–Trinajstić information content (AvgIpc) is 3.49. The minimum atomic E-state index is -0.385. The Morgan fingerprint density at radius 1 is 1.00 bits per heavy atom. The first-order chi connectivity index (χ1) is 19.3. The number of hydrogen-bond acceptors (Lipinski definition) is 3. The van der Waals surface area contributed by atoms with E-state index in [1.54, 1.807) is 27.7 Å². The maximum absolute atomic E-state index is 13.8. The van der Waals surface area contributed by atoms with E-state index in [0.717, 1.165) is 16.5 Å². The fourth-order valence-corrected chi connectivity index (χ4v) is 5.61. The van der Waals surface area contributed by atoms with Crippen LogP contribution in [-0.4, -0.2) is 37.0 Å². The molecule has 2 aromatic heterocycles. The minimum absolute atomic E-state index is 0.108. The number of benzene rings is 3. The smallest absolute Gasteiger partial charge is 0.333 e. The van der Waals surface area contributed by atoms with Gasteiger partial charge in [-0.2, -0.15) is 0 Å². The Hall–Kier alpha value is -4.08. The summed E-state index contributed by atoms with van der Waals surface area (Å²) in [5, 5.41) is 4.37. The summed E-state index contributed by atoms with van der Waals surface area (Å²) >= 11 is 9.60. The highest BCUT2D eigenvalue weighted by atomic mass is 79.9. The molecule has 2 amide bonds. The average molecular weight is 619 g/mol. The molecule has 0 fully saturated rings. The molecule has 0 unspecified atom stereocenters. The van der Waals surface area contributed by atoms with Crippen LogP contribution in [-0.2, 0) is 26.7 Å². The summed E-state index contributed by atoms with van der Waals surface area (Å²) in [6.45, 7) is 1.00. The number of hydrogen-bond donors (Lipinski definition) is 1. The van der Waals surface area contributed by atoms with Crippen molar-refractivity contribution in [1.82, 2.24) is 23.9 Å². The summed E-state index contributed by atoms with van der Waals surface area (Å²) < 4.78 is 5.76. The van der Waals surface area contributed by atoms with E-state index in [2.05, 4.69) is 21.2 Å². The van der Waals surface area contributed by atoms with Crippen LogP contribution in [0.5, 0.6) is 0 Å². The quantitative estimate of drug-likeness (QED) is 0.297. The Kier molecular flexibility index (Phi) is 6.85. The van der Waals surface area contributed by atoms with Gasteiger partial charge in [-0.1, -0.05) is 41.9 Å². The highest BCUT2D eigenvalue weighted by Crippen LogP contribution is 2.27. The van der Waals surface area contributed by atoms with E-state index < -0.39 is 0 Å². The molecular formula is C30H25BrClN5O3. The molecular weight excluding hydrogens is 594 g/mol. The lowest BCUT2D eigenvalue weighted by atomic mass is 10.1. The minimum Gasteiger partial charge on any atom is -0.351 e. The van der Waals surface area contributed by atoms with Gasteiger partial charge in [0, 0.05) is 53.8 Å². The molecule has 202 valence electrons. The van der Waals surface area contributed by atoms with Crippen molar-refractivity contribution in [1.29, 1.82) is 0 Å². The number of aryl methyl sites for hydroxylation is 1. The summed E-state index contributed by atoms with van der Waals surface area (Å²) in [6.07, 6.45) is 1.95. The number of halogens is 2. The number of carbonyl (C=O) groups is 2. The number of fused-ring (bicyclic) bond motifs is 2. The van der Waals surface area contributed by atoms with Crippen molar-refractivity contribution in [3.63, 3.8) is 0 Å². The molecule has 1 N–H and O–H groups in total. The molecule has 1 aliphatic heterocycles. The first-order valence-corrected chi connectivity index (χ1v) is 14.0. The van der Waals surface area contributed by atoms with Gasteiger partial charge < -0.3 is 14.8 Å². The van der Waals surface area contributed by atoms with Crippen molar-refractivity contribution in [2.24, 2.45) is 7.05 Å². The number of imidazole rings is 1. The summed E-state index contributed by atoms with van der Waals surface area (Å²) in [4.78, 5) is 42.7. The Balaban J connectivity index is 1.42. The Labute approximate surface area is 243 Å². The molecule has 3 aromatic carbocycles. The van der Waals surface area contributed by atoms with Gasteiger partial charge in [-0.3, -0.25) is 18.7 Å². The molecule has 8 nitrogen and oxygen atoms in total. The summed E-state index contributed by atoms with van der Waals surface area (Å²) in [6, 6.07) is 22.3. The molecule has 3 heterocycles. The maximum atomic E-state index is 13.8. The number of aromatic nitrogens is 3. The monoisotopic (exact) mass is 617 g/mol. The van der Waals surface area contributed by atoms with Gasteiger partial charge in [-0.25, -0.2) is 4.79 Å². The van der Waals surface area contributed by atoms with Crippen molar-refractivity contribution in [2.75, 3.05) is 6.54 Å². The van der Waals surface area contributed by atoms with E-state index in [1.165, 1.54) is 4.57 Å². The van der Waals surface area contributed by atoms with Gasteiger partial charge in [-0.15, -0.1) is 0 Å². The maximum Gasteiger partial charge on any atom is 0.333 e.